The van der Waals surface area contributed by atoms with Crippen LogP contribution in [0.2, 0.25) is 5.02 Å². The highest BCUT2D eigenvalue weighted by Crippen LogP contribution is 2.29. The standard InChI is InChI=1S/C26H33ClFNO5/c1-6-33-16-26(5,23(30)31)15-20(29-24(32)34-25(2,3)4)13-17-7-9-18(10-8-17)21-14-19(27)11-12-22(21)28/h7-12,14,20H,6,13,15-16H2,1-5H3,(H,29,32)(H,30,31)/t20-,26+/m1/s1. The van der Waals surface area contributed by atoms with Crippen molar-refractivity contribution in [2.75, 3.05) is 13.2 Å². The first-order valence-corrected chi connectivity index (χ1v) is 11.6. The Morgan fingerprint density at radius 2 is 1.76 bits per heavy atom. The van der Waals surface area contributed by atoms with Crippen molar-refractivity contribution >= 4 is 23.7 Å². The van der Waals surface area contributed by atoms with E-state index in [1.54, 1.807) is 52.8 Å². The van der Waals surface area contributed by atoms with Gasteiger partial charge in [0.2, 0.25) is 0 Å². The molecular formula is C26H33ClFNO5. The maximum absolute atomic E-state index is 14.2. The van der Waals surface area contributed by atoms with Crippen LogP contribution in [0.25, 0.3) is 11.1 Å². The zero-order valence-electron chi connectivity index (χ0n) is 20.3. The molecule has 0 bridgehead atoms. The number of carboxylic acids is 1. The minimum atomic E-state index is -1.21. The van der Waals surface area contributed by atoms with E-state index in [9.17, 15) is 19.1 Å². The summed E-state index contributed by atoms with van der Waals surface area (Å²) in [6, 6.07) is 11.0. The Labute approximate surface area is 205 Å². The van der Waals surface area contributed by atoms with Crippen LogP contribution >= 0.6 is 11.6 Å². The lowest BCUT2D eigenvalue weighted by atomic mass is 9.82. The monoisotopic (exact) mass is 493 g/mol. The van der Waals surface area contributed by atoms with Crippen molar-refractivity contribution in [1.29, 1.82) is 0 Å². The second-order valence-electron chi connectivity index (χ2n) is 9.58. The second kappa shape index (κ2) is 11.7. The van der Waals surface area contributed by atoms with Gasteiger partial charge in [-0.2, -0.15) is 0 Å². The maximum Gasteiger partial charge on any atom is 0.407 e. The summed E-state index contributed by atoms with van der Waals surface area (Å²) in [7, 11) is 0. The molecule has 0 aliphatic carbocycles. The number of nitrogens with one attached hydrogen (secondary N) is 1. The number of benzene rings is 2. The number of carboxylic acid groups (broad SMARTS) is 1. The van der Waals surface area contributed by atoms with Crippen molar-refractivity contribution in [2.24, 2.45) is 5.41 Å². The Morgan fingerprint density at radius 1 is 1.12 bits per heavy atom. The predicted molar refractivity (Wildman–Crippen MR) is 131 cm³/mol. The molecule has 0 aliphatic heterocycles. The number of aliphatic carboxylic acids is 1. The summed E-state index contributed by atoms with van der Waals surface area (Å²) < 4.78 is 25.0. The number of carbonyl (C=O) groups is 2. The summed E-state index contributed by atoms with van der Waals surface area (Å²) in [5.41, 5.74) is -0.0145. The summed E-state index contributed by atoms with van der Waals surface area (Å²) in [6.45, 7) is 9.05. The van der Waals surface area contributed by atoms with Crippen LogP contribution in [0.15, 0.2) is 42.5 Å². The summed E-state index contributed by atoms with van der Waals surface area (Å²) in [5, 5.41) is 13.1. The van der Waals surface area contributed by atoms with Crippen molar-refractivity contribution in [3.05, 3.63) is 58.9 Å². The van der Waals surface area contributed by atoms with Gasteiger partial charge in [-0.25, -0.2) is 9.18 Å². The molecule has 8 heteroatoms. The SMILES string of the molecule is CCOC[C@](C)(C[C@@H](Cc1ccc(-c2cc(Cl)ccc2F)cc1)NC(=O)OC(C)(C)C)C(=O)O. The Morgan fingerprint density at radius 3 is 2.32 bits per heavy atom. The highest BCUT2D eigenvalue weighted by atomic mass is 35.5. The molecule has 0 saturated heterocycles. The van der Waals surface area contributed by atoms with Gasteiger partial charge in [-0.05, 0) is 76.8 Å². The van der Waals surface area contributed by atoms with Crippen LogP contribution in [0.5, 0.6) is 0 Å². The molecule has 6 nitrogen and oxygen atoms in total. The predicted octanol–water partition coefficient (Wildman–Crippen LogP) is 6.10. The first-order valence-electron chi connectivity index (χ1n) is 11.2. The van der Waals surface area contributed by atoms with Crippen LogP contribution in [0.4, 0.5) is 9.18 Å². The number of rotatable bonds is 10. The van der Waals surface area contributed by atoms with Gasteiger partial charge in [0.15, 0.2) is 0 Å². The van der Waals surface area contributed by atoms with Gasteiger partial charge in [0.1, 0.15) is 11.4 Å². The van der Waals surface area contributed by atoms with Crippen LogP contribution in [0.1, 0.15) is 46.6 Å². The third kappa shape index (κ3) is 8.29. The van der Waals surface area contributed by atoms with Crippen molar-refractivity contribution in [1.82, 2.24) is 5.32 Å². The van der Waals surface area contributed by atoms with Crippen LogP contribution in [-0.4, -0.2) is 42.0 Å². The molecule has 0 aromatic heterocycles. The zero-order chi connectivity index (χ0) is 25.5. The summed E-state index contributed by atoms with van der Waals surface area (Å²) >= 11 is 6.01. The van der Waals surface area contributed by atoms with E-state index in [2.05, 4.69) is 5.32 Å². The van der Waals surface area contributed by atoms with Gasteiger partial charge in [-0.15, -0.1) is 0 Å². The van der Waals surface area contributed by atoms with E-state index in [-0.39, 0.29) is 18.8 Å². The number of ether oxygens (including phenoxy) is 2. The third-order valence-electron chi connectivity index (χ3n) is 5.23. The van der Waals surface area contributed by atoms with Crippen molar-refractivity contribution < 1.29 is 28.6 Å². The van der Waals surface area contributed by atoms with E-state index in [4.69, 9.17) is 21.1 Å². The number of hydrogen-bond donors (Lipinski definition) is 2. The first kappa shape index (κ1) is 27.6. The van der Waals surface area contributed by atoms with Gasteiger partial charge in [-0.3, -0.25) is 4.79 Å². The summed E-state index contributed by atoms with van der Waals surface area (Å²) in [4.78, 5) is 24.5. The lowest BCUT2D eigenvalue weighted by Crippen LogP contribution is -2.46. The topological polar surface area (TPSA) is 84.9 Å². The average molecular weight is 494 g/mol. The molecule has 0 saturated carbocycles. The maximum atomic E-state index is 14.2. The highest BCUT2D eigenvalue weighted by Gasteiger charge is 2.37. The molecule has 2 atom stereocenters. The Bertz CT molecular complexity index is 990. The molecule has 0 heterocycles. The number of alkyl carbamates (subject to hydrolysis) is 1. The van der Waals surface area contributed by atoms with Crippen LogP contribution < -0.4 is 5.32 Å². The normalized spacial score (nSPS) is 14.2. The van der Waals surface area contributed by atoms with Crippen LogP contribution in [0.3, 0.4) is 0 Å². The highest BCUT2D eigenvalue weighted by molar-refractivity contribution is 6.30. The molecule has 2 rings (SSSR count). The number of amides is 1. The molecule has 0 fully saturated rings. The molecule has 2 aromatic carbocycles. The lowest BCUT2D eigenvalue weighted by Gasteiger charge is -2.30. The fourth-order valence-corrected chi connectivity index (χ4v) is 3.72. The molecule has 186 valence electrons. The Hall–Kier alpha value is -2.64. The molecule has 1 amide bonds. The molecule has 0 unspecified atom stereocenters. The third-order valence-corrected chi connectivity index (χ3v) is 5.47. The fourth-order valence-electron chi connectivity index (χ4n) is 3.55. The number of hydrogen-bond acceptors (Lipinski definition) is 4. The fraction of sp³-hybridized carbons (Fsp3) is 0.462. The van der Waals surface area contributed by atoms with E-state index in [0.717, 1.165) is 5.56 Å². The molecule has 2 aromatic rings. The molecule has 34 heavy (non-hydrogen) atoms. The quantitative estimate of drug-likeness (QED) is 0.417. The van der Waals surface area contributed by atoms with Gasteiger partial charge >= 0.3 is 12.1 Å². The van der Waals surface area contributed by atoms with Crippen LogP contribution in [-0.2, 0) is 20.7 Å². The Kier molecular flexibility index (Phi) is 9.47. The van der Waals surface area contributed by atoms with Gasteiger partial charge in [0.25, 0.3) is 0 Å². The molecular weight excluding hydrogens is 461 g/mol. The zero-order valence-corrected chi connectivity index (χ0v) is 21.0. The van der Waals surface area contributed by atoms with Crippen molar-refractivity contribution in [3.63, 3.8) is 0 Å². The van der Waals surface area contributed by atoms with Crippen molar-refractivity contribution in [2.45, 2.75) is 59.1 Å². The number of carbonyl (C=O) groups excluding carboxylic acids is 1. The summed E-state index contributed by atoms with van der Waals surface area (Å²) in [6.07, 6.45) is -0.141. The van der Waals surface area contributed by atoms with Crippen LogP contribution in [0, 0.1) is 11.2 Å². The first-order chi connectivity index (χ1) is 15.8. The van der Waals surface area contributed by atoms with Crippen molar-refractivity contribution in [3.8, 4) is 11.1 Å². The minimum absolute atomic E-state index is 0.0122. The summed E-state index contributed by atoms with van der Waals surface area (Å²) in [5.74, 6) is -1.39. The Balaban J connectivity index is 2.26. The van der Waals surface area contributed by atoms with Gasteiger partial charge in [0, 0.05) is 23.2 Å². The average Bonchev–Trinajstić information content (AvgIpc) is 2.73. The molecule has 0 radical (unpaired) electrons. The minimum Gasteiger partial charge on any atom is -0.481 e. The van der Waals surface area contributed by atoms with Gasteiger partial charge in [-0.1, -0.05) is 35.9 Å². The van der Waals surface area contributed by atoms with E-state index in [0.29, 0.717) is 29.2 Å². The smallest absolute Gasteiger partial charge is 0.407 e. The molecule has 0 aliphatic rings. The van der Waals surface area contributed by atoms with E-state index in [1.165, 1.54) is 12.1 Å². The van der Waals surface area contributed by atoms with E-state index < -0.39 is 29.1 Å². The number of halogens is 2. The largest absolute Gasteiger partial charge is 0.481 e. The second-order valence-corrected chi connectivity index (χ2v) is 10.0. The van der Waals surface area contributed by atoms with Gasteiger partial charge < -0.3 is 19.9 Å². The van der Waals surface area contributed by atoms with E-state index in [1.807, 2.05) is 12.1 Å². The van der Waals surface area contributed by atoms with Gasteiger partial charge in [0.05, 0.1) is 12.0 Å². The molecule has 2 N–H and O–H groups in total. The lowest BCUT2D eigenvalue weighted by molar-refractivity contribution is -0.152. The molecule has 0 spiro atoms. The van der Waals surface area contributed by atoms with E-state index >= 15 is 0 Å².